The molecule has 140 valence electrons. The number of nitrogens with one attached hydrogen (secondary N) is 1. The molecule has 5 nitrogen and oxygen atoms in total. The summed E-state index contributed by atoms with van der Waals surface area (Å²) in [4.78, 5) is 31.7. The van der Waals surface area contributed by atoms with Gasteiger partial charge in [0.05, 0.1) is 11.1 Å². The molecule has 0 fully saturated rings. The van der Waals surface area contributed by atoms with Crippen molar-refractivity contribution >= 4 is 23.2 Å². The third kappa shape index (κ3) is 3.27. The second-order valence-corrected chi connectivity index (χ2v) is 7.09. The van der Waals surface area contributed by atoms with E-state index in [2.05, 4.69) is 10.3 Å². The van der Waals surface area contributed by atoms with Gasteiger partial charge in [0, 0.05) is 29.8 Å². The topological polar surface area (TPSA) is 62.3 Å². The van der Waals surface area contributed by atoms with Crippen LogP contribution in [-0.4, -0.2) is 22.8 Å². The largest absolute Gasteiger partial charge is 0.322 e. The van der Waals surface area contributed by atoms with Gasteiger partial charge in [0.1, 0.15) is 0 Å². The van der Waals surface area contributed by atoms with Gasteiger partial charge in [-0.05, 0) is 49.6 Å². The standard InChI is InChI=1S/C23H21N3O2/c1-15-7-3-5-9-20(15)25-22(27)18-12-19(14-24-13-18)23(28)26-16(2)11-17-8-4-6-10-21(17)26/h3-10,12-14,16H,11H2,1-2H3,(H,25,27). The van der Waals surface area contributed by atoms with Crippen LogP contribution in [-0.2, 0) is 6.42 Å². The van der Waals surface area contributed by atoms with Gasteiger partial charge in [0.2, 0.25) is 0 Å². The molecule has 0 spiro atoms. The normalized spacial score (nSPS) is 15.2. The van der Waals surface area contributed by atoms with Crippen molar-refractivity contribution in [1.29, 1.82) is 0 Å². The first-order valence-electron chi connectivity index (χ1n) is 9.28. The number of aromatic nitrogens is 1. The highest BCUT2D eigenvalue weighted by molar-refractivity contribution is 6.10. The molecule has 2 amide bonds. The van der Waals surface area contributed by atoms with Crippen LogP contribution in [0.4, 0.5) is 11.4 Å². The van der Waals surface area contributed by atoms with Crippen LogP contribution in [0.25, 0.3) is 0 Å². The number of para-hydroxylation sites is 2. The summed E-state index contributed by atoms with van der Waals surface area (Å²) in [6.07, 6.45) is 3.81. The van der Waals surface area contributed by atoms with Crippen molar-refractivity contribution in [3.63, 3.8) is 0 Å². The van der Waals surface area contributed by atoms with E-state index in [0.717, 1.165) is 28.9 Å². The number of nitrogens with zero attached hydrogens (tertiary/aromatic N) is 2. The number of benzene rings is 2. The van der Waals surface area contributed by atoms with Gasteiger partial charge in [-0.15, -0.1) is 0 Å². The molecule has 0 bridgehead atoms. The first-order valence-corrected chi connectivity index (χ1v) is 9.28. The Balaban J connectivity index is 1.60. The van der Waals surface area contributed by atoms with Gasteiger partial charge >= 0.3 is 0 Å². The van der Waals surface area contributed by atoms with Crippen molar-refractivity contribution < 1.29 is 9.59 Å². The minimum atomic E-state index is -0.286. The monoisotopic (exact) mass is 371 g/mol. The number of aryl methyl sites for hydroxylation is 1. The molecule has 4 rings (SSSR count). The summed E-state index contributed by atoms with van der Waals surface area (Å²) >= 11 is 0. The van der Waals surface area contributed by atoms with Gasteiger partial charge in [0.15, 0.2) is 0 Å². The highest BCUT2D eigenvalue weighted by Gasteiger charge is 2.31. The summed E-state index contributed by atoms with van der Waals surface area (Å²) < 4.78 is 0. The van der Waals surface area contributed by atoms with Crippen molar-refractivity contribution in [2.45, 2.75) is 26.3 Å². The molecule has 0 radical (unpaired) electrons. The van der Waals surface area contributed by atoms with E-state index in [1.54, 1.807) is 11.0 Å². The van der Waals surface area contributed by atoms with E-state index in [1.807, 2.05) is 62.4 Å². The number of carbonyl (C=O) groups is 2. The quantitative estimate of drug-likeness (QED) is 0.749. The molecule has 2 heterocycles. The summed E-state index contributed by atoms with van der Waals surface area (Å²) in [5, 5.41) is 2.88. The fraction of sp³-hybridized carbons (Fsp3) is 0.174. The van der Waals surface area contributed by atoms with Gasteiger partial charge in [-0.2, -0.15) is 0 Å². The first kappa shape index (κ1) is 17.9. The van der Waals surface area contributed by atoms with Crippen LogP contribution in [0.5, 0.6) is 0 Å². The van der Waals surface area contributed by atoms with Crippen LogP contribution < -0.4 is 10.2 Å². The molecule has 2 aromatic carbocycles. The Kier molecular flexibility index (Phi) is 4.65. The second kappa shape index (κ2) is 7.27. The Morgan fingerprint density at radius 1 is 1.04 bits per heavy atom. The number of pyridine rings is 1. The average Bonchev–Trinajstić information content (AvgIpc) is 3.05. The Morgan fingerprint density at radius 3 is 2.57 bits per heavy atom. The molecule has 28 heavy (non-hydrogen) atoms. The molecule has 1 aliphatic heterocycles. The predicted octanol–water partition coefficient (Wildman–Crippen LogP) is 4.23. The Bertz CT molecular complexity index is 1060. The lowest BCUT2D eigenvalue weighted by Crippen LogP contribution is -2.35. The summed E-state index contributed by atoms with van der Waals surface area (Å²) in [5.41, 5.74) is 4.56. The maximum Gasteiger partial charge on any atom is 0.260 e. The molecule has 3 aromatic rings. The van der Waals surface area contributed by atoms with Gasteiger partial charge in [-0.25, -0.2) is 0 Å². The Labute approximate surface area is 164 Å². The maximum atomic E-state index is 13.2. The van der Waals surface area contributed by atoms with E-state index in [9.17, 15) is 9.59 Å². The fourth-order valence-corrected chi connectivity index (χ4v) is 3.60. The van der Waals surface area contributed by atoms with Crippen molar-refractivity contribution in [3.8, 4) is 0 Å². The number of hydrogen-bond donors (Lipinski definition) is 1. The molecule has 1 unspecified atom stereocenters. The number of anilines is 2. The molecule has 0 aliphatic carbocycles. The van der Waals surface area contributed by atoms with Crippen LogP contribution in [0.2, 0.25) is 0 Å². The van der Waals surface area contributed by atoms with Gasteiger partial charge < -0.3 is 10.2 Å². The summed E-state index contributed by atoms with van der Waals surface area (Å²) in [5.74, 6) is -0.429. The third-order valence-corrected chi connectivity index (χ3v) is 5.07. The maximum absolute atomic E-state index is 13.2. The number of amides is 2. The minimum absolute atomic E-state index is 0.0642. The van der Waals surface area contributed by atoms with E-state index >= 15 is 0 Å². The molecule has 0 saturated heterocycles. The zero-order chi connectivity index (χ0) is 19.7. The average molecular weight is 371 g/mol. The molecular formula is C23H21N3O2. The Hall–Kier alpha value is -3.47. The van der Waals surface area contributed by atoms with Gasteiger partial charge in [-0.3, -0.25) is 14.6 Å². The minimum Gasteiger partial charge on any atom is -0.322 e. The van der Waals surface area contributed by atoms with Crippen LogP contribution >= 0.6 is 0 Å². The molecule has 1 aliphatic rings. The summed E-state index contributed by atoms with van der Waals surface area (Å²) in [6.45, 7) is 3.96. The van der Waals surface area contributed by atoms with Gasteiger partial charge in [0.25, 0.3) is 11.8 Å². The van der Waals surface area contributed by atoms with Crippen molar-refractivity contribution in [3.05, 3.63) is 89.2 Å². The molecule has 0 saturated carbocycles. The van der Waals surface area contributed by atoms with Crippen molar-refractivity contribution in [2.24, 2.45) is 0 Å². The van der Waals surface area contributed by atoms with Gasteiger partial charge in [-0.1, -0.05) is 36.4 Å². The van der Waals surface area contributed by atoms with E-state index in [0.29, 0.717) is 11.1 Å². The summed E-state index contributed by atoms with van der Waals surface area (Å²) in [6, 6.07) is 17.2. The molecular weight excluding hydrogens is 350 g/mol. The SMILES string of the molecule is Cc1ccccc1NC(=O)c1cncc(C(=O)N2c3ccccc3CC2C)c1. The van der Waals surface area contributed by atoms with Crippen molar-refractivity contribution in [1.82, 2.24) is 4.98 Å². The third-order valence-electron chi connectivity index (χ3n) is 5.07. The molecule has 1 atom stereocenters. The first-order chi connectivity index (χ1) is 13.5. The Morgan fingerprint density at radius 2 is 1.75 bits per heavy atom. The summed E-state index contributed by atoms with van der Waals surface area (Å²) in [7, 11) is 0. The van der Waals surface area contributed by atoms with Crippen LogP contribution in [0.3, 0.4) is 0 Å². The number of rotatable bonds is 3. The lowest BCUT2D eigenvalue weighted by Gasteiger charge is -2.22. The second-order valence-electron chi connectivity index (χ2n) is 7.09. The number of carbonyl (C=O) groups excluding carboxylic acids is 2. The lowest BCUT2D eigenvalue weighted by molar-refractivity contribution is 0.0981. The molecule has 1 N–H and O–H groups in total. The van der Waals surface area contributed by atoms with Crippen LogP contribution in [0.1, 0.15) is 38.8 Å². The zero-order valence-corrected chi connectivity index (χ0v) is 15.8. The molecule has 5 heteroatoms. The smallest absolute Gasteiger partial charge is 0.260 e. The lowest BCUT2D eigenvalue weighted by atomic mass is 10.1. The van der Waals surface area contributed by atoms with E-state index in [1.165, 1.54) is 12.4 Å². The molecule has 1 aromatic heterocycles. The van der Waals surface area contributed by atoms with Crippen LogP contribution in [0.15, 0.2) is 67.0 Å². The van der Waals surface area contributed by atoms with E-state index < -0.39 is 0 Å². The number of hydrogen-bond acceptors (Lipinski definition) is 3. The number of fused-ring (bicyclic) bond motifs is 1. The highest BCUT2D eigenvalue weighted by atomic mass is 16.2. The van der Waals surface area contributed by atoms with E-state index in [-0.39, 0.29) is 17.9 Å². The fourth-order valence-electron chi connectivity index (χ4n) is 3.60. The van der Waals surface area contributed by atoms with E-state index in [4.69, 9.17) is 0 Å². The zero-order valence-electron chi connectivity index (χ0n) is 15.8. The predicted molar refractivity (Wildman–Crippen MR) is 110 cm³/mol. The van der Waals surface area contributed by atoms with Crippen LogP contribution in [0, 0.1) is 6.92 Å². The highest BCUT2D eigenvalue weighted by Crippen LogP contribution is 2.33. The van der Waals surface area contributed by atoms with Crippen molar-refractivity contribution in [2.75, 3.05) is 10.2 Å².